The van der Waals surface area contributed by atoms with E-state index in [0.29, 0.717) is 31.9 Å². The number of H-pyrrole nitrogens is 1. The molecule has 3 N–H and O–H groups in total. The van der Waals surface area contributed by atoms with E-state index in [-0.39, 0.29) is 5.82 Å². The van der Waals surface area contributed by atoms with Crippen molar-refractivity contribution in [3.05, 3.63) is 20.8 Å². The van der Waals surface area contributed by atoms with E-state index in [1.54, 1.807) is 7.11 Å². The summed E-state index contributed by atoms with van der Waals surface area (Å²) in [5.74, 6) is 0.216. The molecule has 0 aliphatic carbocycles. The summed E-state index contributed by atoms with van der Waals surface area (Å²) >= 11 is 0. The number of hydrogen-bond donors (Lipinski definition) is 2. The first-order valence-corrected chi connectivity index (χ1v) is 6.43. The highest BCUT2D eigenvalue weighted by Crippen LogP contribution is 2.16. The fourth-order valence-electron chi connectivity index (χ4n) is 1.96. The molecule has 1 rings (SSSR count). The molecule has 108 valence electrons. The number of anilines is 2. The molecule has 1 aromatic heterocycles. The molecule has 19 heavy (non-hydrogen) atoms. The minimum absolute atomic E-state index is 0.216. The van der Waals surface area contributed by atoms with Gasteiger partial charge in [0.25, 0.3) is 5.56 Å². The van der Waals surface area contributed by atoms with Crippen LogP contribution in [-0.4, -0.2) is 36.4 Å². The number of ether oxygens (including phenoxy) is 1. The Labute approximate surface area is 112 Å². The van der Waals surface area contributed by atoms with Gasteiger partial charge >= 0.3 is 5.69 Å². The zero-order valence-corrected chi connectivity index (χ0v) is 11.7. The van der Waals surface area contributed by atoms with Gasteiger partial charge in [0.15, 0.2) is 0 Å². The molecule has 0 atom stereocenters. The maximum atomic E-state index is 11.9. The van der Waals surface area contributed by atoms with E-state index in [1.165, 1.54) is 4.57 Å². The third-order valence-corrected chi connectivity index (χ3v) is 2.92. The number of nitrogens with two attached hydrogens (primary N) is 1. The highest BCUT2D eigenvalue weighted by Gasteiger charge is 2.17. The SMILES string of the molecule is CCCn1c(N)c(N(CC)CCOC)c(=O)[nH]c1=O. The molecule has 7 heteroatoms. The molecule has 0 fully saturated rings. The van der Waals surface area contributed by atoms with Crippen LogP contribution >= 0.6 is 0 Å². The molecule has 0 unspecified atom stereocenters. The lowest BCUT2D eigenvalue weighted by atomic mass is 10.3. The van der Waals surface area contributed by atoms with Crippen LogP contribution in [-0.2, 0) is 11.3 Å². The fourth-order valence-corrected chi connectivity index (χ4v) is 1.96. The van der Waals surface area contributed by atoms with Crippen LogP contribution in [0, 0.1) is 0 Å². The molecule has 0 radical (unpaired) electrons. The van der Waals surface area contributed by atoms with Crippen molar-refractivity contribution in [3.8, 4) is 0 Å². The summed E-state index contributed by atoms with van der Waals surface area (Å²) in [5.41, 5.74) is 5.41. The van der Waals surface area contributed by atoms with Crippen molar-refractivity contribution in [3.63, 3.8) is 0 Å². The average molecular weight is 270 g/mol. The Kier molecular flexibility index (Phi) is 5.62. The van der Waals surface area contributed by atoms with Gasteiger partial charge in [0.05, 0.1) is 6.61 Å². The summed E-state index contributed by atoms with van der Waals surface area (Å²) in [4.78, 5) is 27.8. The molecule has 1 heterocycles. The molecule has 0 bridgehead atoms. The van der Waals surface area contributed by atoms with Gasteiger partial charge in [-0.05, 0) is 13.3 Å². The highest BCUT2D eigenvalue weighted by atomic mass is 16.5. The standard InChI is InChI=1S/C12H22N4O3/c1-4-6-16-10(13)9(11(17)14-12(16)18)15(5-2)7-8-19-3/h4-8,13H2,1-3H3,(H,14,17,18). The van der Waals surface area contributed by atoms with Crippen molar-refractivity contribution in [2.45, 2.75) is 26.8 Å². The highest BCUT2D eigenvalue weighted by molar-refractivity contribution is 5.62. The molecule has 1 aromatic rings. The first-order chi connectivity index (χ1) is 9.06. The number of nitrogens with zero attached hydrogens (tertiary/aromatic N) is 2. The maximum absolute atomic E-state index is 11.9. The van der Waals surface area contributed by atoms with Gasteiger partial charge in [0.1, 0.15) is 11.5 Å². The van der Waals surface area contributed by atoms with Crippen LogP contribution in [0.1, 0.15) is 20.3 Å². The van der Waals surface area contributed by atoms with Crippen LogP contribution in [0.4, 0.5) is 11.5 Å². The Morgan fingerprint density at radius 3 is 2.58 bits per heavy atom. The predicted octanol–water partition coefficient (Wildman–Crippen LogP) is 0.00150. The van der Waals surface area contributed by atoms with E-state index in [4.69, 9.17) is 10.5 Å². The van der Waals surface area contributed by atoms with Gasteiger partial charge in [-0.3, -0.25) is 14.3 Å². The van der Waals surface area contributed by atoms with Crippen molar-refractivity contribution in [1.82, 2.24) is 9.55 Å². The maximum Gasteiger partial charge on any atom is 0.330 e. The first-order valence-electron chi connectivity index (χ1n) is 6.43. The molecule has 0 aliphatic heterocycles. The van der Waals surface area contributed by atoms with Crippen LogP contribution in [0.15, 0.2) is 9.59 Å². The zero-order valence-electron chi connectivity index (χ0n) is 11.7. The summed E-state index contributed by atoms with van der Waals surface area (Å²) in [5, 5.41) is 0. The summed E-state index contributed by atoms with van der Waals surface area (Å²) < 4.78 is 6.41. The van der Waals surface area contributed by atoms with E-state index in [2.05, 4.69) is 4.98 Å². The summed E-state index contributed by atoms with van der Waals surface area (Å²) in [6.07, 6.45) is 0.764. The summed E-state index contributed by atoms with van der Waals surface area (Å²) in [7, 11) is 1.60. The van der Waals surface area contributed by atoms with Crippen molar-refractivity contribution in [1.29, 1.82) is 0 Å². The lowest BCUT2D eigenvalue weighted by Crippen LogP contribution is -2.39. The number of rotatable bonds is 7. The number of methoxy groups -OCH3 is 1. The topological polar surface area (TPSA) is 93.3 Å². The monoisotopic (exact) mass is 270 g/mol. The molecule has 0 saturated heterocycles. The predicted molar refractivity (Wildman–Crippen MR) is 75.8 cm³/mol. The second-order valence-corrected chi connectivity index (χ2v) is 4.22. The van der Waals surface area contributed by atoms with Crippen molar-refractivity contribution in [2.24, 2.45) is 0 Å². The smallest absolute Gasteiger partial charge is 0.330 e. The Morgan fingerprint density at radius 1 is 1.37 bits per heavy atom. The van der Waals surface area contributed by atoms with E-state index in [1.807, 2.05) is 18.7 Å². The lowest BCUT2D eigenvalue weighted by molar-refractivity contribution is 0.205. The molecule has 0 amide bonds. The molecular formula is C12H22N4O3. The Bertz CT molecular complexity index is 521. The van der Waals surface area contributed by atoms with Crippen molar-refractivity contribution < 1.29 is 4.74 Å². The van der Waals surface area contributed by atoms with Crippen LogP contribution < -0.4 is 21.9 Å². The molecule has 0 saturated carbocycles. The third kappa shape index (κ3) is 3.37. The second-order valence-electron chi connectivity index (χ2n) is 4.22. The number of nitrogen functional groups attached to an aromatic ring is 1. The van der Waals surface area contributed by atoms with Gasteiger partial charge in [-0.1, -0.05) is 6.92 Å². The Morgan fingerprint density at radius 2 is 2.05 bits per heavy atom. The minimum Gasteiger partial charge on any atom is -0.383 e. The number of likely N-dealkylation sites (N-methyl/N-ethyl adjacent to an activating group) is 1. The van der Waals surface area contributed by atoms with E-state index in [0.717, 1.165) is 6.42 Å². The fraction of sp³-hybridized carbons (Fsp3) is 0.667. The van der Waals surface area contributed by atoms with Crippen LogP contribution in [0.2, 0.25) is 0 Å². The molecule has 0 spiro atoms. The zero-order chi connectivity index (χ0) is 14.4. The van der Waals surface area contributed by atoms with Gasteiger partial charge in [0.2, 0.25) is 0 Å². The lowest BCUT2D eigenvalue weighted by Gasteiger charge is -2.24. The number of nitrogens with one attached hydrogen (secondary N) is 1. The Balaban J connectivity index is 3.29. The first kappa shape index (κ1) is 15.3. The largest absolute Gasteiger partial charge is 0.383 e. The molecular weight excluding hydrogens is 248 g/mol. The average Bonchev–Trinajstić information content (AvgIpc) is 2.38. The minimum atomic E-state index is -0.462. The van der Waals surface area contributed by atoms with E-state index >= 15 is 0 Å². The van der Waals surface area contributed by atoms with Crippen molar-refractivity contribution >= 4 is 11.5 Å². The van der Waals surface area contributed by atoms with E-state index in [9.17, 15) is 9.59 Å². The quantitative estimate of drug-likeness (QED) is 0.727. The van der Waals surface area contributed by atoms with E-state index < -0.39 is 11.2 Å². The van der Waals surface area contributed by atoms with Crippen LogP contribution in [0.3, 0.4) is 0 Å². The van der Waals surface area contributed by atoms with Gasteiger partial charge in [-0.25, -0.2) is 4.79 Å². The number of hydrogen-bond acceptors (Lipinski definition) is 5. The summed E-state index contributed by atoms with van der Waals surface area (Å²) in [6, 6.07) is 0. The van der Waals surface area contributed by atoms with Gasteiger partial charge in [-0.15, -0.1) is 0 Å². The Hall–Kier alpha value is -1.76. The van der Waals surface area contributed by atoms with Gasteiger partial charge < -0.3 is 15.4 Å². The number of aromatic nitrogens is 2. The van der Waals surface area contributed by atoms with Gasteiger partial charge in [0, 0.05) is 26.7 Å². The normalized spacial score (nSPS) is 10.7. The number of aromatic amines is 1. The molecule has 7 nitrogen and oxygen atoms in total. The third-order valence-electron chi connectivity index (χ3n) is 2.92. The second kappa shape index (κ2) is 6.98. The van der Waals surface area contributed by atoms with Crippen LogP contribution in [0.5, 0.6) is 0 Å². The molecule has 0 aromatic carbocycles. The summed E-state index contributed by atoms with van der Waals surface area (Å²) in [6.45, 7) is 5.99. The molecule has 0 aliphatic rings. The van der Waals surface area contributed by atoms with Crippen molar-refractivity contribution in [2.75, 3.05) is 37.4 Å². The van der Waals surface area contributed by atoms with Crippen LogP contribution in [0.25, 0.3) is 0 Å². The van der Waals surface area contributed by atoms with Gasteiger partial charge in [-0.2, -0.15) is 0 Å².